The van der Waals surface area contributed by atoms with Gasteiger partial charge in [-0.2, -0.15) is 11.8 Å². The molecule has 2 amide bonds. The third-order valence-electron chi connectivity index (χ3n) is 4.45. The maximum atomic E-state index is 12.5. The molecule has 1 aromatic rings. The molecule has 2 rings (SSSR count). The molecule has 1 saturated carbocycles. The van der Waals surface area contributed by atoms with Crippen LogP contribution >= 0.6 is 11.8 Å². The lowest BCUT2D eigenvalue weighted by molar-refractivity contribution is 0.187. The molecule has 1 fully saturated rings. The van der Waals surface area contributed by atoms with Gasteiger partial charge in [-0.3, -0.25) is 4.98 Å². The summed E-state index contributed by atoms with van der Waals surface area (Å²) in [6.45, 7) is 4.25. The van der Waals surface area contributed by atoms with Gasteiger partial charge in [0.15, 0.2) is 0 Å². The van der Waals surface area contributed by atoms with Crippen molar-refractivity contribution in [3.63, 3.8) is 0 Å². The first-order valence-corrected chi connectivity index (χ1v) is 9.21. The highest BCUT2D eigenvalue weighted by Gasteiger charge is 2.25. The molecule has 5 heteroatoms. The summed E-state index contributed by atoms with van der Waals surface area (Å²) in [5.74, 6) is 1.16. The summed E-state index contributed by atoms with van der Waals surface area (Å²) in [5, 5.41) is 3.92. The summed E-state index contributed by atoms with van der Waals surface area (Å²) < 4.78 is 0. The van der Waals surface area contributed by atoms with Gasteiger partial charge in [-0.1, -0.05) is 13.3 Å². The van der Waals surface area contributed by atoms with Crippen molar-refractivity contribution in [3.05, 3.63) is 30.1 Å². The Morgan fingerprint density at radius 3 is 2.86 bits per heavy atom. The quantitative estimate of drug-likeness (QED) is 0.896. The zero-order valence-corrected chi connectivity index (χ0v) is 14.6. The summed E-state index contributed by atoms with van der Waals surface area (Å²) in [5.41, 5.74) is 1.11. The topological polar surface area (TPSA) is 45.2 Å². The summed E-state index contributed by atoms with van der Waals surface area (Å²) in [6.07, 6.45) is 8.24. The summed E-state index contributed by atoms with van der Waals surface area (Å²) >= 11 is 2.02. The fraction of sp³-hybridized carbons (Fsp3) is 0.647. The Kier molecular flexibility index (Phi) is 6.55. The van der Waals surface area contributed by atoms with E-state index in [-0.39, 0.29) is 12.1 Å². The monoisotopic (exact) mass is 321 g/mol. The smallest absolute Gasteiger partial charge is 0.317 e. The Bertz CT molecular complexity index is 466. The molecule has 0 radical (unpaired) electrons. The second-order valence-electron chi connectivity index (χ2n) is 5.96. The second kappa shape index (κ2) is 8.42. The average Bonchev–Trinajstić information content (AvgIpc) is 2.55. The number of carbonyl (C=O) groups excluding carboxylic acids is 1. The summed E-state index contributed by atoms with van der Waals surface area (Å²) in [6, 6.07) is 4.31. The molecule has 122 valence electrons. The lowest BCUT2D eigenvalue weighted by Crippen LogP contribution is -2.46. The Morgan fingerprint density at radius 1 is 1.45 bits per heavy atom. The summed E-state index contributed by atoms with van der Waals surface area (Å²) in [4.78, 5) is 18.3. The van der Waals surface area contributed by atoms with Gasteiger partial charge in [0.2, 0.25) is 0 Å². The minimum Gasteiger partial charge on any atom is -0.335 e. The third-order valence-corrected chi connectivity index (χ3v) is 5.68. The molecule has 0 saturated heterocycles. The van der Waals surface area contributed by atoms with Crippen LogP contribution in [0.3, 0.4) is 0 Å². The minimum atomic E-state index is 0.0245. The molecular weight excluding hydrogens is 294 g/mol. The van der Waals surface area contributed by atoms with Gasteiger partial charge in [-0.15, -0.1) is 0 Å². The number of pyridine rings is 1. The highest BCUT2D eigenvalue weighted by Crippen LogP contribution is 2.28. The van der Waals surface area contributed by atoms with Gasteiger partial charge in [0.1, 0.15) is 0 Å². The average molecular weight is 321 g/mol. The van der Waals surface area contributed by atoms with Crippen LogP contribution in [0.25, 0.3) is 0 Å². The number of carbonyl (C=O) groups is 1. The predicted molar refractivity (Wildman–Crippen MR) is 93.1 cm³/mol. The van der Waals surface area contributed by atoms with Gasteiger partial charge >= 0.3 is 6.03 Å². The van der Waals surface area contributed by atoms with Gasteiger partial charge in [0.25, 0.3) is 0 Å². The van der Waals surface area contributed by atoms with Crippen molar-refractivity contribution < 1.29 is 4.79 Å². The van der Waals surface area contributed by atoms with Gasteiger partial charge < -0.3 is 10.2 Å². The van der Waals surface area contributed by atoms with Gasteiger partial charge in [0, 0.05) is 30.7 Å². The molecule has 0 spiro atoms. The number of rotatable bonds is 5. The first-order valence-electron chi connectivity index (χ1n) is 8.16. The first-order chi connectivity index (χ1) is 10.6. The molecule has 4 nitrogen and oxygen atoms in total. The van der Waals surface area contributed by atoms with Crippen molar-refractivity contribution >= 4 is 17.8 Å². The van der Waals surface area contributed by atoms with Crippen LogP contribution in [0.5, 0.6) is 0 Å². The van der Waals surface area contributed by atoms with Crippen molar-refractivity contribution in [1.82, 2.24) is 15.2 Å². The maximum absolute atomic E-state index is 12.5. The van der Waals surface area contributed by atoms with E-state index in [2.05, 4.69) is 17.2 Å². The van der Waals surface area contributed by atoms with Gasteiger partial charge in [-0.25, -0.2) is 4.79 Å². The van der Waals surface area contributed by atoms with Crippen LogP contribution in [0.15, 0.2) is 24.5 Å². The van der Waals surface area contributed by atoms with Gasteiger partial charge in [-0.05, 0) is 49.6 Å². The SMILES string of the molecule is CCS[C@@H]1CCC[C@H](NC(=O)N(C)[C@H](C)c2ccncc2)C1. The fourth-order valence-electron chi connectivity index (χ4n) is 2.98. The molecule has 3 atom stereocenters. The van der Waals surface area contributed by atoms with Crippen LogP contribution in [0.2, 0.25) is 0 Å². The lowest BCUT2D eigenvalue weighted by atomic mass is 9.95. The van der Waals surface area contributed by atoms with Crippen LogP contribution in [0.1, 0.15) is 51.1 Å². The molecule has 1 aliphatic rings. The Balaban J connectivity index is 1.88. The van der Waals surface area contributed by atoms with E-state index in [1.807, 2.05) is 37.9 Å². The van der Waals surface area contributed by atoms with Crippen molar-refractivity contribution in [1.29, 1.82) is 0 Å². The predicted octanol–water partition coefficient (Wildman–Crippen LogP) is 3.85. The van der Waals surface area contributed by atoms with Crippen molar-refractivity contribution in [2.45, 2.75) is 56.9 Å². The lowest BCUT2D eigenvalue weighted by Gasteiger charge is -2.32. The molecule has 1 N–H and O–H groups in total. The van der Waals surface area contributed by atoms with E-state index in [1.165, 1.54) is 12.8 Å². The number of nitrogens with zero attached hydrogens (tertiary/aromatic N) is 2. The van der Waals surface area contributed by atoms with E-state index in [4.69, 9.17) is 0 Å². The minimum absolute atomic E-state index is 0.0245. The van der Waals surface area contributed by atoms with E-state index in [0.29, 0.717) is 11.3 Å². The third kappa shape index (κ3) is 4.63. The standard InChI is InChI=1S/C17H27N3OS/c1-4-22-16-7-5-6-15(12-16)19-17(21)20(3)13(2)14-8-10-18-11-9-14/h8-11,13,15-16H,4-7,12H2,1-3H3,(H,19,21)/t13-,15+,16-/m1/s1. The first kappa shape index (κ1) is 17.1. The van der Waals surface area contributed by atoms with Crippen molar-refractivity contribution in [2.75, 3.05) is 12.8 Å². The molecule has 0 aromatic carbocycles. The number of hydrogen-bond donors (Lipinski definition) is 1. The Hall–Kier alpha value is -1.23. The highest BCUT2D eigenvalue weighted by molar-refractivity contribution is 7.99. The van der Waals surface area contributed by atoms with Crippen LogP contribution in [0, 0.1) is 0 Å². The maximum Gasteiger partial charge on any atom is 0.317 e. The zero-order valence-electron chi connectivity index (χ0n) is 13.8. The molecular formula is C17H27N3OS. The molecule has 0 bridgehead atoms. The molecule has 22 heavy (non-hydrogen) atoms. The number of aromatic nitrogens is 1. The molecule has 0 unspecified atom stereocenters. The van der Waals surface area contributed by atoms with E-state index in [1.54, 1.807) is 17.3 Å². The number of nitrogens with one attached hydrogen (secondary N) is 1. The normalized spacial score (nSPS) is 22.9. The summed E-state index contributed by atoms with van der Waals surface area (Å²) in [7, 11) is 1.86. The van der Waals surface area contributed by atoms with Crippen LogP contribution in [-0.2, 0) is 0 Å². The molecule has 1 aliphatic carbocycles. The molecule has 0 aliphatic heterocycles. The zero-order chi connectivity index (χ0) is 15.9. The Labute approximate surface area is 138 Å². The molecule has 1 heterocycles. The number of thioether (sulfide) groups is 1. The van der Waals surface area contributed by atoms with E-state index in [0.717, 1.165) is 24.2 Å². The number of amides is 2. The van der Waals surface area contributed by atoms with Crippen LogP contribution in [-0.4, -0.2) is 40.0 Å². The largest absolute Gasteiger partial charge is 0.335 e. The highest BCUT2D eigenvalue weighted by atomic mass is 32.2. The van der Waals surface area contributed by atoms with Crippen LogP contribution < -0.4 is 5.32 Å². The van der Waals surface area contributed by atoms with E-state index < -0.39 is 0 Å². The van der Waals surface area contributed by atoms with Crippen molar-refractivity contribution in [2.24, 2.45) is 0 Å². The molecule has 1 aromatic heterocycles. The van der Waals surface area contributed by atoms with E-state index in [9.17, 15) is 4.79 Å². The number of hydrogen-bond acceptors (Lipinski definition) is 3. The fourth-order valence-corrected chi connectivity index (χ4v) is 4.15. The van der Waals surface area contributed by atoms with E-state index >= 15 is 0 Å². The van der Waals surface area contributed by atoms with Crippen LogP contribution in [0.4, 0.5) is 4.79 Å². The Morgan fingerprint density at radius 2 is 2.18 bits per heavy atom. The van der Waals surface area contributed by atoms with Crippen molar-refractivity contribution in [3.8, 4) is 0 Å². The van der Waals surface area contributed by atoms with Gasteiger partial charge in [0.05, 0.1) is 6.04 Å². The second-order valence-corrected chi connectivity index (χ2v) is 7.54. The number of urea groups is 1.